The molecule has 0 bridgehead atoms. The van der Waals surface area contributed by atoms with Crippen molar-refractivity contribution in [1.82, 2.24) is 9.78 Å². The highest BCUT2D eigenvalue weighted by Crippen LogP contribution is 2.64. The first kappa shape index (κ1) is 10.2. The number of hydrogen-bond donors (Lipinski definition) is 1. The van der Waals surface area contributed by atoms with Crippen molar-refractivity contribution >= 4 is 5.97 Å². The van der Waals surface area contributed by atoms with Gasteiger partial charge in [-0.15, -0.1) is 0 Å². The average molecular weight is 208 g/mol. The van der Waals surface area contributed by atoms with E-state index in [4.69, 9.17) is 5.11 Å². The maximum atomic E-state index is 11.1. The first-order valence-corrected chi connectivity index (χ1v) is 5.08. The SMILES string of the molecule is Cc1cnn(C)c1[C@@H]1[C@@H](C(=O)O)C1(C)C. The summed E-state index contributed by atoms with van der Waals surface area (Å²) in [5.74, 6) is -0.875. The molecule has 1 saturated carbocycles. The lowest BCUT2D eigenvalue weighted by Gasteiger charge is -2.04. The van der Waals surface area contributed by atoms with Crippen LogP contribution in [0.2, 0.25) is 0 Å². The van der Waals surface area contributed by atoms with Gasteiger partial charge in [0.25, 0.3) is 0 Å². The van der Waals surface area contributed by atoms with Crippen LogP contribution in [0.25, 0.3) is 0 Å². The van der Waals surface area contributed by atoms with E-state index in [1.54, 1.807) is 10.9 Å². The third-order valence-corrected chi connectivity index (χ3v) is 3.57. The zero-order chi connectivity index (χ0) is 11.4. The molecular weight excluding hydrogens is 192 g/mol. The van der Waals surface area contributed by atoms with Crippen LogP contribution < -0.4 is 0 Å². The number of carboxylic acids is 1. The molecule has 0 unspecified atom stereocenters. The van der Waals surface area contributed by atoms with Gasteiger partial charge in [-0.05, 0) is 17.9 Å². The highest BCUT2D eigenvalue weighted by molar-refractivity contribution is 5.77. The van der Waals surface area contributed by atoms with Gasteiger partial charge in [0.15, 0.2) is 0 Å². The van der Waals surface area contributed by atoms with Crippen molar-refractivity contribution in [3.05, 3.63) is 17.5 Å². The first-order valence-electron chi connectivity index (χ1n) is 5.08. The predicted octanol–water partition coefficient (Wildman–Crippen LogP) is 1.55. The van der Waals surface area contributed by atoms with Gasteiger partial charge in [-0.25, -0.2) is 0 Å². The molecule has 2 rings (SSSR count). The molecule has 0 amide bonds. The maximum absolute atomic E-state index is 11.1. The van der Waals surface area contributed by atoms with E-state index < -0.39 is 5.97 Å². The molecule has 1 aliphatic carbocycles. The predicted molar refractivity (Wildman–Crippen MR) is 55.6 cm³/mol. The van der Waals surface area contributed by atoms with Gasteiger partial charge >= 0.3 is 5.97 Å². The Morgan fingerprint density at radius 2 is 2.20 bits per heavy atom. The normalized spacial score (nSPS) is 27.7. The molecule has 1 N–H and O–H groups in total. The summed E-state index contributed by atoms with van der Waals surface area (Å²) in [6.07, 6.45) is 1.79. The second kappa shape index (κ2) is 2.84. The molecule has 0 radical (unpaired) electrons. The number of aryl methyl sites for hydroxylation is 2. The summed E-state index contributed by atoms with van der Waals surface area (Å²) in [4.78, 5) is 11.1. The fourth-order valence-electron chi connectivity index (χ4n) is 2.61. The van der Waals surface area contributed by atoms with Crippen molar-refractivity contribution in [2.75, 3.05) is 0 Å². The molecule has 1 heterocycles. The van der Waals surface area contributed by atoms with Crippen LogP contribution in [0.5, 0.6) is 0 Å². The maximum Gasteiger partial charge on any atom is 0.307 e. The number of carboxylic acid groups (broad SMARTS) is 1. The molecule has 15 heavy (non-hydrogen) atoms. The van der Waals surface area contributed by atoms with Crippen molar-refractivity contribution < 1.29 is 9.90 Å². The van der Waals surface area contributed by atoms with Crippen molar-refractivity contribution in [3.63, 3.8) is 0 Å². The van der Waals surface area contributed by atoms with Crippen LogP contribution in [0.4, 0.5) is 0 Å². The van der Waals surface area contributed by atoms with Crippen LogP contribution in [0.15, 0.2) is 6.20 Å². The summed E-state index contributed by atoms with van der Waals surface area (Å²) in [5.41, 5.74) is 2.00. The van der Waals surface area contributed by atoms with Crippen molar-refractivity contribution in [3.8, 4) is 0 Å². The Labute approximate surface area is 88.9 Å². The second-order valence-corrected chi connectivity index (χ2v) is 4.95. The molecule has 2 atom stereocenters. The fraction of sp³-hybridized carbons (Fsp3) is 0.636. The van der Waals surface area contributed by atoms with Gasteiger partial charge in [-0.2, -0.15) is 5.10 Å². The van der Waals surface area contributed by atoms with Crippen molar-refractivity contribution in [1.29, 1.82) is 0 Å². The molecule has 1 fully saturated rings. The summed E-state index contributed by atoms with van der Waals surface area (Å²) in [6, 6.07) is 0. The molecule has 4 heteroatoms. The Bertz CT molecular complexity index is 401. The average Bonchev–Trinajstić information content (AvgIpc) is 2.50. The van der Waals surface area contributed by atoms with Crippen molar-refractivity contribution in [2.45, 2.75) is 26.7 Å². The summed E-state index contributed by atoms with van der Waals surface area (Å²) in [7, 11) is 1.87. The van der Waals surface area contributed by atoms with E-state index in [0.717, 1.165) is 11.3 Å². The highest BCUT2D eigenvalue weighted by Gasteiger charge is 2.64. The fourth-order valence-corrected chi connectivity index (χ4v) is 2.61. The van der Waals surface area contributed by atoms with Crippen LogP contribution in [0.1, 0.15) is 31.0 Å². The van der Waals surface area contributed by atoms with E-state index in [9.17, 15) is 4.79 Å². The summed E-state index contributed by atoms with van der Waals surface area (Å²) in [5, 5.41) is 13.3. The minimum atomic E-state index is -0.703. The van der Waals surface area contributed by atoms with Crippen LogP contribution in [0.3, 0.4) is 0 Å². The Morgan fingerprint density at radius 3 is 2.53 bits per heavy atom. The lowest BCUT2D eigenvalue weighted by Crippen LogP contribution is -2.04. The van der Waals surface area contributed by atoms with E-state index in [1.165, 1.54) is 0 Å². The van der Waals surface area contributed by atoms with Crippen LogP contribution in [-0.2, 0) is 11.8 Å². The van der Waals surface area contributed by atoms with E-state index >= 15 is 0 Å². The molecule has 82 valence electrons. The minimum absolute atomic E-state index is 0.0995. The standard InChI is InChI=1S/C11H16N2O2/c1-6-5-12-13(4)9(6)7-8(10(14)15)11(7,2)3/h5,7-8H,1-4H3,(H,14,15)/t7-,8-/m0/s1. The van der Waals surface area contributed by atoms with Gasteiger partial charge in [0.2, 0.25) is 0 Å². The van der Waals surface area contributed by atoms with Gasteiger partial charge in [0.05, 0.1) is 12.1 Å². The van der Waals surface area contributed by atoms with Gasteiger partial charge < -0.3 is 5.11 Å². The van der Waals surface area contributed by atoms with E-state index in [2.05, 4.69) is 5.10 Å². The van der Waals surface area contributed by atoms with Gasteiger partial charge in [-0.1, -0.05) is 13.8 Å². The largest absolute Gasteiger partial charge is 0.481 e. The Kier molecular flexibility index (Phi) is 1.93. The first-order chi connectivity index (χ1) is 6.87. The van der Waals surface area contributed by atoms with Crippen molar-refractivity contribution in [2.24, 2.45) is 18.4 Å². The monoisotopic (exact) mass is 208 g/mol. The van der Waals surface area contributed by atoms with Gasteiger partial charge in [0, 0.05) is 18.7 Å². The lowest BCUT2D eigenvalue weighted by molar-refractivity contribution is -0.139. The third kappa shape index (κ3) is 1.28. The van der Waals surface area contributed by atoms with Crippen LogP contribution in [0, 0.1) is 18.3 Å². The van der Waals surface area contributed by atoms with E-state index in [-0.39, 0.29) is 17.3 Å². The van der Waals surface area contributed by atoms with Crippen LogP contribution in [-0.4, -0.2) is 20.9 Å². The Morgan fingerprint density at radius 1 is 1.60 bits per heavy atom. The second-order valence-electron chi connectivity index (χ2n) is 4.95. The number of aromatic nitrogens is 2. The summed E-state index contributed by atoms with van der Waals surface area (Å²) >= 11 is 0. The molecule has 0 spiro atoms. The van der Waals surface area contributed by atoms with E-state index in [0.29, 0.717) is 0 Å². The topological polar surface area (TPSA) is 55.1 Å². The molecule has 0 aliphatic heterocycles. The molecule has 1 aromatic rings. The number of rotatable bonds is 2. The molecular formula is C11H16N2O2. The highest BCUT2D eigenvalue weighted by atomic mass is 16.4. The van der Waals surface area contributed by atoms with Gasteiger partial charge in [-0.3, -0.25) is 9.48 Å². The molecule has 1 aliphatic rings. The van der Waals surface area contributed by atoms with Gasteiger partial charge in [0.1, 0.15) is 0 Å². The minimum Gasteiger partial charge on any atom is -0.481 e. The zero-order valence-electron chi connectivity index (χ0n) is 9.48. The lowest BCUT2D eigenvalue weighted by atomic mass is 10.1. The zero-order valence-corrected chi connectivity index (χ0v) is 9.48. The number of aliphatic carboxylic acids is 1. The Balaban J connectivity index is 2.39. The third-order valence-electron chi connectivity index (χ3n) is 3.57. The Hall–Kier alpha value is -1.32. The number of hydrogen-bond acceptors (Lipinski definition) is 2. The number of carbonyl (C=O) groups is 1. The molecule has 4 nitrogen and oxygen atoms in total. The summed E-state index contributed by atoms with van der Waals surface area (Å²) < 4.78 is 1.80. The number of nitrogens with zero attached hydrogens (tertiary/aromatic N) is 2. The summed E-state index contributed by atoms with van der Waals surface area (Å²) in [6.45, 7) is 5.99. The molecule has 0 aromatic carbocycles. The van der Waals surface area contributed by atoms with Crippen LogP contribution >= 0.6 is 0 Å². The smallest absolute Gasteiger partial charge is 0.307 e. The quantitative estimate of drug-likeness (QED) is 0.802. The molecule has 1 aromatic heterocycles. The van der Waals surface area contributed by atoms with E-state index in [1.807, 2.05) is 27.8 Å². The molecule has 0 saturated heterocycles.